The van der Waals surface area contributed by atoms with Crippen LogP contribution in [0.15, 0.2) is 42.5 Å². The van der Waals surface area contributed by atoms with Crippen LogP contribution in [0.25, 0.3) is 32.7 Å². The topological polar surface area (TPSA) is 31.6 Å². The van der Waals surface area contributed by atoms with Crippen molar-refractivity contribution in [2.45, 2.75) is 6.92 Å². The van der Waals surface area contributed by atoms with Gasteiger partial charge in [0.15, 0.2) is 0 Å². The molecule has 0 aliphatic heterocycles. The quantitative estimate of drug-likeness (QED) is 0.437. The molecule has 0 saturated heterocycles. The second-order valence-corrected chi connectivity index (χ2v) is 5.33. The number of hydrogen-bond acceptors (Lipinski definition) is 1. The van der Waals surface area contributed by atoms with Gasteiger partial charge in [-0.15, -0.1) is 0 Å². The third-order valence-corrected chi connectivity index (χ3v) is 3.96. The Morgan fingerprint density at radius 1 is 0.842 bits per heavy atom. The predicted molar refractivity (Wildman–Crippen MR) is 83.2 cm³/mol. The zero-order valence-corrected chi connectivity index (χ0v) is 11.3. The van der Waals surface area contributed by atoms with Crippen LogP contribution in [0, 0.1) is 11.6 Å². The lowest BCUT2D eigenvalue weighted by Crippen LogP contribution is -1.81. The van der Waals surface area contributed by atoms with Crippen LogP contribution in [0.2, 0.25) is 0 Å². The van der Waals surface area contributed by atoms with Crippen molar-refractivity contribution in [3.8, 4) is 0 Å². The Morgan fingerprint density at radius 2 is 1.58 bits per heavy atom. The number of H-pyrrole nitrogens is 2. The molecule has 0 bridgehead atoms. The van der Waals surface area contributed by atoms with Gasteiger partial charge in [-0.05, 0) is 19.1 Å². The van der Waals surface area contributed by atoms with Gasteiger partial charge < -0.3 is 9.97 Å². The number of pyridine rings is 1. The first kappa shape index (κ1) is 10.8. The molecule has 2 nitrogen and oxygen atoms in total. The second kappa shape index (κ2) is 3.68. The van der Waals surface area contributed by atoms with E-state index in [0.717, 1.165) is 26.6 Å². The number of aryl methyl sites for hydroxylation is 1. The highest BCUT2D eigenvalue weighted by molar-refractivity contribution is 7.71. The molecule has 4 rings (SSSR count). The molecule has 0 atom stereocenters. The summed E-state index contributed by atoms with van der Waals surface area (Å²) >= 11 is 5.47. The summed E-state index contributed by atoms with van der Waals surface area (Å²) in [6.45, 7) is 2.11. The summed E-state index contributed by atoms with van der Waals surface area (Å²) in [7, 11) is 0. The molecule has 2 N–H and O–H groups in total. The van der Waals surface area contributed by atoms with E-state index in [2.05, 4.69) is 47.2 Å². The molecule has 0 spiro atoms. The Balaban J connectivity index is 2.36. The van der Waals surface area contributed by atoms with Gasteiger partial charge in [-0.2, -0.15) is 0 Å². The number of nitrogens with one attached hydrogen (secondary N) is 2. The zero-order valence-electron chi connectivity index (χ0n) is 10.4. The molecule has 0 aliphatic carbocycles. The fraction of sp³-hybridized carbons (Fsp3) is 0.0625. The van der Waals surface area contributed by atoms with Gasteiger partial charge in [-0.3, -0.25) is 0 Å². The summed E-state index contributed by atoms with van der Waals surface area (Å²) in [4.78, 5) is 6.86. The molecule has 92 valence electrons. The largest absolute Gasteiger partial charge is 0.353 e. The van der Waals surface area contributed by atoms with Crippen molar-refractivity contribution in [1.82, 2.24) is 9.97 Å². The van der Waals surface area contributed by atoms with Crippen molar-refractivity contribution >= 4 is 44.9 Å². The van der Waals surface area contributed by atoms with E-state index in [9.17, 15) is 0 Å². The highest BCUT2D eigenvalue weighted by Crippen LogP contribution is 2.30. The molecular formula is C16H12N2S. The summed E-state index contributed by atoms with van der Waals surface area (Å²) in [6, 6.07) is 14.7. The first-order chi connectivity index (χ1) is 9.24. The molecule has 0 fully saturated rings. The lowest BCUT2D eigenvalue weighted by molar-refractivity contribution is 1.42. The van der Waals surface area contributed by atoms with Crippen LogP contribution in [0.5, 0.6) is 0 Å². The molecule has 2 aromatic heterocycles. The van der Waals surface area contributed by atoms with Gasteiger partial charge in [-0.25, -0.2) is 0 Å². The van der Waals surface area contributed by atoms with Crippen molar-refractivity contribution in [3.05, 3.63) is 52.7 Å². The third-order valence-electron chi connectivity index (χ3n) is 3.63. The first-order valence-corrected chi connectivity index (χ1v) is 6.68. The standard InChI is InChI=1S/C16H12N2S/c1-9-6-7-13-12(8-9)15-14(17-13)10-4-2-3-5-11(10)16(19)18-15/h2-8,17H,1H3,(H,18,19). The van der Waals surface area contributed by atoms with Crippen molar-refractivity contribution in [2.24, 2.45) is 0 Å². The van der Waals surface area contributed by atoms with E-state index in [1.54, 1.807) is 0 Å². The Morgan fingerprint density at radius 3 is 2.42 bits per heavy atom. The van der Waals surface area contributed by atoms with Crippen LogP contribution in [-0.2, 0) is 0 Å². The van der Waals surface area contributed by atoms with Gasteiger partial charge in [0, 0.05) is 21.7 Å². The molecule has 4 aromatic rings. The Labute approximate surface area is 115 Å². The van der Waals surface area contributed by atoms with Gasteiger partial charge >= 0.3 is 0 Å². The number of hydrogen-bond donors (Lipinski definition) is 2. The van der Waals surface area contributed by atoms with Crippen molar-refractivity contribution in [2.75, 3.05) is 0 Å². The summed E-state index contributed by atoms with van der Waals surface area (Å²) in [6.07, 6.45) is 0. The Hall–Kier alpha value is -2.13. The number of benzene rings is 2. The fourth-order valence-electron chi connectivity index (χ4n) is 2.72. The van der Waals surface area contributed by atoms with Crippen molar-refractivity contribution < 1.29 is 0 Å². The van der Waals surface area contributed by atoms with E-state index in [1.165, 1.54) is 16.3 Å². The van der Waals surface area contributed by atoms with Crippen LogP contribution in [0.4, 0.5) is 0 Å². The lowest BCUT2D eigenvalue weighted by Gasteiger charge is -2.00. The van der Waals surface area contributed by atoms with Crippen LogP contribution in [-0.4, -0.2) is 9.97 Å². The molecule has 0 radical (unpaired) electrons. The normalized spacial score (nSPS) is 11.6. The highest BCUT2D eigenvalue weighted by atomic mass is 32.1. The van der Waals surface area contributed by atoms with Crippen LogP contribution in [0.1, 0.15) is 5.56 Å². The highest BCUT2D eigenvalue weighted by Gasteiger charge is 2.08. The summed E-state index contributed by atoms with van der Waals surface area (Å²) in [5.41, 5.74) is 4.62. The van der Waals surface area contributed by atoms with Crippen LogP contribution in [0.3, 0.4) is 0 Å². The predicted octanol–water partition coefficient (Wildman–Crippen LogP) is 4.84. The third kappa shape index (κ3) is 1.45. The van der Waals surface area contributed by atoms with E-state index in [1.807, 2.05) is 12.1 Å². The van der Waals surface area contributed by atoms with Gasteiger partial charge in [0.05, 0.1) is 11.0 Å². The molecule has 3 heteroatoms. The van der Waals surface area contributed by atoms with Gasteiger partial charge in [0.2, 0.25) is 0 Å². The van der Waals surface area contributed by atoms with Crippen LogP contribution >= 0.6 is 12.2 Å². The van der Waals surface area contributed by atoms with E-state index >= 15 is 0 Å². The maximum atomic E-state index is 5.47. The fourth-order valence-corrected chi connectivity index (χ4v) is 3.00. The minimum absolute atomic E-state index is 0.797. The van der Waals surface area contributed by atoms with E-state index in [0.29, 0.717) is 0 Å². The molecule has 0 saturated carbocycles. The number of fused-ring (bicyclic) bond motifs is 5. The molecule has 0 unspecified atom stereocenters. The average molecular weight is 264 g/mol. The number of aromatic amines is 2. The molecule has 2 heterocycles. The minimum atomic E-state index is 0.797. The average Bonchev–Trinajstić information content (AvgIpc) is 2.78. The van der Waals surface area contributed by atoms with Gasteiger partial charge in [0.1, 0.15) is 4.64 Å². The number of aromatic nitrogens is 2. The van der Waals surface area contributed by atoms with Crippen molar-refractivity contribution in [1.29, 1.82) is 0 Å². The smallest absolute Gasteiger partial charge is 0.111 e. The van der Waals surface area contributed by atoms with Crippen molar-refractivity contribution in [3.63, 3.8) is 0 Å². The maximum absolute atomic E-state index is 5.47. The summed E-state index contributed by atoms with van der Waals surface area (Å²) < 4.78 is 0.797. The molecule has 0 amide bonds. The second-order valence-electron chi connectivity index (χ2n) is 4.92. The van der Waals surface area contributed by atoms with Gasteiger partial charge in [0.25, 0.3) is 0 Å². The summed E-state index contributed by atoms with van der Waals surface area (Å²) in [5, 5.41) is 3.47. The molecule has 19 heavy (non-hydrogen) atoms. The van der Waals surface area contributed by atoms with E-state index in [4.69, 9.17) is 12.2 Å². The van der Waals surface area contributed by atoms with E-state index < -0.39 is 0 Å². The lowest BCUT2D eigenvalue weighted by atomic mass is 10.1. The SMILES string of the molecule is Cc1ccc2[nH]c3c4ccccc4c(=S)[nH]c3c2c1. The first-order valence-electron chi connectivity index (χ1n) is 6.27. The Kier molecular flexibility index (Phi) is 2.09. The monoisotopic (exact) mass is 264 g/mol. The van der Waals surface area contributed by atoms with Crippen LogP contribution < -0.4 is 0 Å². The maximum Gasteiger partial charge on any atom is 0.111 e. The molecule has 0 aliphatic rings. The molecular weight excluding hydrogens is 252 g/mol. The van der Waals surface area contributed by atoms with Gasteiger partial charge in [-0.1, -0.05) is 48.1 Å². The van der Waals surface area contributed by atoms with E-state index in [-0.39, 0.29) is 0 Å². The molecule has 2 aromatic carbocycles. The Bertz CT molecular complexity index is 992. The number of rotatable bonds is 0. The zero-order chi connectivity index (χ0) is 13.0. The summed E-state index contributed by atoms with van der Waals surface area (Å²) in [5.74, 6) is 0. The minimum Gasteiger partial charge on any atom is -0.353 e.